The standard InChI is InChI=1S/C15H20N4O2S/c1-16-9-11-6-7-19(10-11)14(20)5-4-13-17-15(18-21-13)12-3-2-8-22-12/h2-3,8,11,16H,4-7,9-10H2,1H3. The lowest BCUT2D eigenvalue weighted by Crippen LogP contribution is -2.30. The minimum atomic E-state index is 0.175. The molecule has 7 heteroatoms. The molecule has 1 aliphatic heterocycles. The first-order chi connectivity index (χ1) is 10.8. The maximum Gasteiger partial charge on any atom is 0.227 e. The Labute approximate surface area is 133 Å². The fraction of sp³-hybridized carbons (Fsp3) is 0.533. The van der Waals surface area contributed by atoms with Gasteiger partial charge in [0.15, 0.2) is 0 Å². The number of aryl methyl sites for hydroxylation is 1. The van der Waals surface area contributed by atoms with Gasteiger partial charge in [-0.1, -0.05) is 11.2 Å². The van der Waals surface area contributed by atoms with Gasteiger partial charge in [-0.15, -0.1) is 11.3 Å². The summed E-state index contributed by atoms with van der Waals surface area (Å²) in [5.41, 5.74) is 0. The second kappa shape index (κ2) is 7.02. The summed E-state index contributed by atoms with van der Waals surface area (Å²) < 4.78 is 5.23. The number of carbonyl (C=O) groups is 1. The molecule has 1 atom stereocenters. The highest BCUT2D eigenvalue weighted by atomic mass is 32.1. The van der Waals surface area contributed by atoms with E-state index in [1.807, 2.05) is 29.5 Å². The monoisotopic (exact) mass is 320 g/mol. The highest BCUT2D eigenvalue weighted by Gasteiger charge is 2.25. The van der Waals surface area contributed by atoms with E-state index in [9.17, 15) is 4.79 Å². The van der Waals surface area contributed by atoms with Crippen molar-refractivity contribution in [3.05, 3.63) is 23.4 Å². The van der Waals surface area contributed by atoms with Crippen LogP contribution in [0.3, 0.4) is 0 Å². The summed E-state index contributed by atoms with van der Waals surface area (Å²) in [4.78, 5) is 19.5. The van der Waals surface area contributed by atoms with Gasteiger partial charge in [-0.05, 0) is 37.4 Å². The van der Waals surface area contributed by atoms with E-state index in [4.69, 9.17) is 4.52 Å². The summed E-state index contributed by atoms with van der Waals surface area (Å²) in [5.74, 6) is 1.88. The van der Waals surface area contributed by atoms with Crippen molar-refractivity contribution < 1.29 is 9.32 Å². The van der Waals surface area contributed by atoms with E-state index in [1.165, 1.54) is 0 Å². The Morgan fingerprint density at radius 3 is 3.27 bits per heavy atom. The molecule has 22 heavy (non-hydrogen) atoms. The predicted octanol–water partition coefficient (Wildman–Crippen LogP) is 1.80. The minimum Gasteiger partial charge on any atom is -0.342 e. The summed E-state index contributed by atoms with van der Waals surface area (Å²) in [7, 11) is 1.95. The smallest absolute Gasteiger partial charge is 0.227 e. The van der Waals surface area contributed by atoms with Crippen molar-refractivity contribution in [1.29, 1.82) is 0 Å². The molecule has 0 saturated carbocycles. The number of nitrogens with zero attached hydrogens (tertiary/aromatic N) is 3. The Kier molecular flexibility index (Phi) is 4.84. The molecule has 6 nitrogen and oxygen atoms in total. The van der Waals surface area contributed by atoms with Gasteiger partial charge in [0.25, 0.3) is 0 Å². The van der Waals surface area contributed by atoms with Gasteiger partial charge in [-0.25, -0.2) is 0 Å². The summed E-state index contributed by atoms with van der Waals surface area (Å²) >= 11 is 1.57. The van der Waals surface area contributed by atoms with Gasteiger partial charge in [0.05, 0.1) is 4.88 Å². The summed E-state index contributed by atoms with van der Waals surface area (Å²) in [6, 6.07) is 3.91. The maximum atomic E-state index is 12.2. The van der Waals surface area contributed by atoms with E-state index in [0.717, 1.165) is 30.9 Å². The first kappa shape index (κ1) is 15.2. The molecule has 3 rings (SSSR count). The zero-order valence-electron chi connectivity index (χ0n) is 12.6. The Morgan fingerprint density at radius 1 is 1.59 bits per heavy atom. The lowest BCUT2D eigenvalue weighted by Gasteiger charge is -2.15. The SMILES string of the molecule is CNCC1CCN(C(=O)CCc2nc(-c3cccs3)no2)C1. The van der Waals surface area contributed by atoms with E-state index in [1.54, 1.807) is 11.3 Å². The third kappa shape index (κ3) is 3.53. The Morgan fingerprint density at radius 2 is 2.50 bits per heavy atom. The van der Waals surface area contributed by atoms with Crippen LogP contribution in [-0.2, 0) is 11.2 Å². The molecule has 3 heterocycles. The molecular formula is C15H20N4O2S. The van der Waals surface area contributed by atoms with Gasteiger partial charge in [-0.3, -0.25) is 4.79 Å². The number of carbonyl (C=O) groups excluding carboxylic acids is 1. The third-order valence-corrected chi connectivity index (χ3v) is 4.76. The highest BCUT2D eigenvalue weighted by Crippen LogP contribution is 2.22. The quantitative estimate of drug-likeness (QED) is 0.879. The molecule has 2 aromatic heterocycles. The molecule has 0 aliphatic carbocycles. The van der Waals surface area contributed by atoms with Crippen LogP contribution in [0.5, 0.6) is 0 Å². The van der Waals surface area contributed by atoms with Gasteiger partial charge in [0.1, 0.15) is 0 Å². The molecule has 1 saturated heterocycles. The normalized spacial score (nSPS) is 18.0. The van der Waals surface area contributed by atoms with Crippen LogP contribution in [0.1, 0.15) is 18.7 Å². The zero-order chi connectivity index (χ0) is 15.4. The lowest BCUT2D eigenvalue weighted by molar-refractivity contribution is -0.130. The van der Waals surface area contributed by atoms with Crippen molar-refractivity contribution in [3.8, 4) is 10.7 Å². The van der Waals surface area contributed by atoms with E-state index in [0.29, 0.717) is 30.5 Å². The van der Waals surface area contributed by atoms with Crippen LogP contribution in [0.15, 0.2) is 22.0 Å². The molecule has 1 unspecified atom stereocenters. The van der Waals surface area contributed by atoms with Crippen LogP contribution in [0.2, 0.25) is 0 Å². The molecule has 1 amide bonds. The first-order valence-electron chi connectivity index (χ1n) is 7.55. The number of thiophene rings is 1. The maximum absolute atomic E-state index is 12.2. The van der Waals surface area contributed by atoms with Gasteiger partial charge in [0.2, 0.25) is 17.6 Å². The fourth-order valence-electron chi connectivity index (χ4n) is 2.75. The van der Waals surface area contributed by atoms with Gasteiger partial charge in [-0.2, -0.15) is 4.98 Å². The number of hydrogen-bond donors (Lipinski definition) is 1. The van der Waals surface area contributed by atoms with E-state index in [2.05, 4.69) is 15.5 Å². The second-order valence-corrected chi connectivity index (χ2v) is 6.49. The molecule has 0 aromatic carbocycles. The average Bonchev–Trinajstić information content (AvgIpc) is 3.25. The lowest BCUT2D eigenvalue weighted by atomic mass is 10.1. The van der Waals surface area contributed by atoms with Gasteiger partial charge in [0, 0.05) is 25.9 Å². The van der Waals surface area contributed by atoms with E-state index in [-0.39, 0.29) is 5.91 Å². The summed E-state index contributed by atoms with van der Waals surface area (Å²) in [5, 5.41) is 9.11. The van der Waals surface area contributed by atoms with Crippen LogP contribution in [0, 0.1) is 5.92 Å². The molecule has 1 fully saturated rings. The Balaban J connectivity index is 1.49. The van der Waals surface area contributed by atoms with Crippen molar-refractivity contribution >= 4 is 17.2 Å². The second-order valence-electron chi connectivity index (χ2n) is 5.54. The third-order valence-electron chi connectivity index (χ3n) is 3.89. The number of hydrogen-bond acceptors (Lipinski definition) is 6. The van der Waals surface area contributed by atoms with Gasteiger partial charge >= 0.3 is 0 Å². The largest absolute Gasteiger partial charge is 0.342 e. The van der Waals surface area contributed by atoms with E-state index < -0.39 is 0 Å². The number of aromatic nitrogens is 2. The molecule has 1 N–H and O–H groups in total. The number of likely N-dealkylation sites (tertiary alicyclic amines) is 1. The Bertz CT molecular complexity index is 611. The van der Waals surface area contributed by atoms with Crippen LogP contribution >= 0.6 is 11.3 Å². The number of rotatable bonds is 6. The van der Waals surface area contributed by atoms with Crippen LogP contribution in [0.4, 0.5) is 0 Å². The molecule has 0 radical (unpaired) electrons. The highest BCUT2D eigenvalue weighted by molar-refractivity contribution is 7.13. The minimum absolute atomic E-state index is 0.175. The van der Waals surface area contributed by atoms with Crippen LogP contribution in [-0.4, -0.2) is 47.6 Å². The van der Waals surface area contributed by atoms with Gasteiger partial charge < -0.3 is 14.7 Å². The summed E-state index contributed by atoms with van der Waals surface area (Å²) in [6.07, 6.45) is 2.01. The topological polar surface area (TPSA) is 71.3 Å². The van der Waals surface area contributed by atoms with Crippen molar-refractivity contribution in [2.45, 2.75) is 19.3 Å². The van der Waals surface area contributed by atoms with E-state index >= 15 is 0 Å². The summed E-state index contributed by atoms with van der Waals surface area (Å²) in [6.45, 7) is 2.68. The molecule has 118 valence electrons. The Hall–Kier alpha value is -1.73. The first-order valence-corrected chi connectivity index (χ1v) is 8.43. The van der Waals surface area contributed by atoms with Crippen molar-refractivity contribution in [3.63, 3.8) is 0 Å². The van der Waals surface area contributed by atoms with Crippen molar-refractivity contribution in [2.24, 2.45) is 5.92 Å². The van der Waals surface area contributed by atoms with Crippen molar-refractivity contribution in [2.75, 3.05) is 26.7 Å². The molecule has 0 bridgehead atoms. The number of amides is 1. The predicted molar refractivity (Wildman–Crippen MR) is 84.5 cm³/mol. The number of nitrogens with one attached hydrogen (secondary N) is 1. The van der Waals surface area contributed by atoms with Crippen molar-refractivity contribution in [1.82, 2.24) is 20.4 Å². The molecule has 1 aliphatic rings. The van der Waals surface area contributed by atoms with Crippen LogP contribution < -0.4 is 5.32 Å². The molecular weight excluding hydrogens is 300 g/mol. The fourth-order valence-corrected chi connectivity index (χ4v) is 3.40. The zero-order valence-corrected chi connectivity index (χ0v) is 13.4. The average molecular weight is 320 g/mol. The molecule has 2 aromatic rings. The molecule has 0 spiro atoms. The van der Waals surface area contributed by atoms with Crippen LogP contribution in [0.25, 0.3) is 10.7 Å².